The van der Waals surface area contributed by atoms with Crippen molar-refractivity contribution >= 4 is 38.2 Å². The van der Waals surface area contributed by atoms with E-state index in [1.165, 1.54) is 0 Å². The molecule has 0 spiro atoms. The van der Waals surface area contributed by atoms with E-state index in [-0.39, 0.29) is 5.54 Å². The van der Waals surface area contributed by atoms with Crippen LogP contribution in [0.1, 0.15) is 13.3 Å². The third-order valence-corrected chi connectivity index (χ3v) is 3.94. The van der Waals surface area contributed by atoms with Crippen LogP contribution in [0, 0.1) is 0 Å². The summed E-state index contributed by atoms with van der Waals surface area (Å²) in [6.45, 7) is 3.69. The van der Waals surface area contributed by atoms with Gasteiger partial charge in [-0.15, -0.1) is 0 Å². The molecule has 1 saturated heterocycles. The molecule has 0 bridgehead atoms. The number of hydrogen-bond donors (Lipinski definition) is 2. The van der Waals surface area contributed by atoms with E-state index in [0.29, 0.717) is 0 Å². The van der Waals surface area contributed by atoms with Gasteiger partial charge in [0.05, 0.1) is 23.3 Å². The normalized spacial score (nSPS) is 22.8. The molecule has 2 heterocycles. The molecule has 2 aromatic rings. The van der Waals surface area contributed by atoms with Gasteiger partial charge in [-0.25, -0.2) is 0 Å². The number of nitrogens with zero attached hydrogens (tertiary/aromatic N) is 1. The number of nitrogens with two attached hydrogens (primary N) is 1. The summed E-state index contributed by atoms with van der Waals surface area (Å²) in [5.41, 5.74) is 8.63. The van der Waals surface area contributed by atoms with E-state index >= 15 is 0 Å². The first-order valence-corrected chi connectivity index (χ1v) is 7.06. The number of rotatable bonds is 2. The third kappa shape index (κ3) is 2.40. The molecule has 1 unspecified atom stereocenters. The van der Waals surface area contributed by atoms with Crippen LogP contribution in [0.5, 0.6) is 0 Å². The second-order valence-corrected chi connectivity index (χ2v) is 6.16. The standard InChI is InChI=1S/C14H16BrN3O/c1-14(4-5-19-8-14)18-12-3-2-11(16)10-6-9(15)7-17-13(10)12/h2-3,6-7,18H,4-5,8,16H2,1H3. The first-order valence-electron chi connectivity index (χ1n) is 6.27. The fourth-order valence-electron chi connectivity index (χ4n) is 2.41. The van der Waals surface area contributed by atoms with Crippen LogP contribution < -0.4 is 11.1 Å². The quantitative estimate of drug-likeness (QED) is 0.834. The predicted octanol–water partition coefficient (Wildman–Crippen LogP) is 3.17. The molecule has 0 aliphatic carbocycles. The van der Waals surface area contributed by atoms with Crippen LogP contribution >= 0.6 is 15.9 Å². The molecule has 5 heteroatoms. The van der Waals surface area contributed by atoms with Gasteiger partial charge in [-0.3, -0.25) is 4.98 Å². The number of nitrogens with one attached hydrogen (secondary N) is 1. The summed E-state index contributed by atoms with van der Waals surface area (Å²) < 4.78 is 6.40. The first-order chi connectivity index (χ1) is 9.07. The number of ether oxygens (including phenoxy) is 1. The number of fused-ring (bicyclic) bond motifs is 1. The fraction of sp³-hybridized carbons (Fsp3) is 0.357. The van der Waals surface area contributed by atoms with E-state index in [1.54, 1.807) is 6.20 Å². The van der Waals surface area contributed by atoms with Crippen molar-refractivity contribution in [1.82, 2.24) is 4.98 Å². The van der Waals surface area contributed by atoms with Gasteiger partial charge < -0.3 is 15.8 Å². The van der Waals surface area contributed by atoms with Crippen LogP contribution in [0.4, 0.5) is 11.4 Å². The molecule has 1 aliphatic rings. The lowest BCUT2D eigenvalue weighted by molar-refractivity contribution is 0.185. The minimum Gasteiger partial charge on any atom is -0.398 e. The van der Waals surface area contributed by atoms with Crippen molar-refractivity contribution in [1.29, 1.82) is 0 Å². The number of benzene rings is 1. The molecule has 0 saturated carbocycles. The van der Waals surface area contributed by atoms with Gasteiger partial charge in [-0.05, 0) is 47.5 Å². The Morgan fingerprint density at radius 3 is 3.05 bits per heavy atom. The van der Waals surface area contributed by atoms with Crippen LogP contribution in [0.25, 0.3) is 10.9 Å². The van der Waals surface area contributed by atoms with E-state index in [0.717, 1.165) is 46.4 Å². The second-order valence-electron chi connectivity index (χ2n) is 5.24. The number of halogens is 1. The van der Waals surface area contributed by atoms with Gasteiger partial charge in [-0.1, -0.05) is 0 Å². The Kier molecular flexibility index (Phi) is 3.11. The Hall–Kier alpha value is -1.33. The maximum atomic E-state index is 6.02. The lowest BCUT2D eigenvalue weighted by atomic mass is 10.0. The van der Waals surface area contributed by atoms with Crippen molar-refractivity contribution in [3.63, 3.8) is 0 Å². The monoisotopic (exact) mass is 321 g/mol. The molecule has 19 heavy (non-hydrogen) atoms. The van der Waals surface area contributed by atoms with Crippen molar-refractivity contribution < 1.29 is 4.74 Å². The fourth-order valence-corrected chi connectivity index (χ4v) is 2.74. The summed E-state index contributed by atoms with van der Waals surface area (Å²) in [6.07, 6.45) is 2.79. The van der Waals surface area contributed by atoms with Crippen molar-refractivity contribution in [2.45, 2.75) is 18.9 Å². The predicted molar refractivity (Wildman–Crippen MR) is 81.3 cm³/mol. The van der Waals surface area contributed by atoms with E-state index in [2.05, 4.69) is 33.2 Å². The Balaban J connectivity index is 2.06. The average molecular weight is 322 g/mol. The average Bonchev–Trinajstić information content (AvgIpc) is 2.80. The van der Waals surface area contributed by atoms with Crippen LogP contribution in [-0.4, -0.2) is 23.7 Å². The molecule has 3 N–H and O–H groups in total. The Morgan fingerprint density at radius 1 is 1.47 bits per heavy atom. The molecule has 3 rings (SSSR count). The van der Waals surface area contributed by atoms with Crippen LogP contribution in [-0.2, 0) is 4.74 Å². The van der Waals surface area contributed by atoms with Gasteiger partial charge in [0.2, 0.25) is 0 Å². The largest absolute Gasteiger partial charge is 0.398 e. The minimum atomic E-state index is -0.0300. The van der Waals surface area contributed by atoms with E-state index in [9.17, 15) is 0 Å². The highest BCUT2D eigenvalue weighted by molar-refractivity contribution is 9.10. The molecule has 100 valence electrons. The number of hydrogen-bond acceptors (Lipinski definition) is 4. The molecule has 0 amide bonds. The molecule has 1 fully saturated rings. The van der Waals surface area contributed by atoms with Gasteiger partial charge >= 0.3 is 0 Å². The summed E-state index contributed by atoms with van der Waals surface area (Å²) in [4.78, 5) is 4.48. The summed E-state index contributed by atoms with van der Waals surface area (Å²) in [6, 6.07) is 5.90. The highest BCUT2D eigenvalue weighted by atomic mass is 79.9. The number of anilines is 2. The molecule has 1 aromatic carbocycles. The van der Waals surface area contributed by atoms with Crippen LogP contribution in [0.15, 0.2) is 28.9 Å². The molecule has 4 nitrogen and oxygen atoms in total. The van der Waals surface area contributed by atoms with Crippen molar-refractivity contribution in [2.75, 3.05) is 24.3 Å². The zero-order valence-electron chi connectivity index (χ0n) is 10.7. The van der Waals surface area contributed by atoms with E-state index in [4.69, 9.17) is 10.5 Å². The number of nitrogen functional groups attached to an aromatic ring is 1. The lowest BCUT2D eigenvalue weighted by Crippen LogP contribution is -2.35. The van der Waals surface area contributed by atoms with E-state index < -0.39 is 0 Å². The Bertz CT molecular complexity index is 623. The minimum absolute atomic E-state index is 0.0300. The van der Waals surface area contributed by atoms with Crippen LogP contribution in [0.3, 0.4) is 0 Å². The second kappa shape index (κ2) is 4.65. The Labute approximate surface area is 120 Å². The molecule has 1 aliphatic heterocycles. The van der Waals surface area contributed by atoms with Crippen molar-refractivity contribution in [3.05, 3.63) is 28.9 Å². The number of pyridine rings is 1. The molecular weight excluding hydrogens is 306 g/mol. The maximum Gasteiger partial charge on any atom is 0.0954 e. The van der Waals surface area contributed by atoms with Gasteiger partial charge in [0.25, 0.3) is 0 Å². The molecule has 1 atom stereocenters. The van der Waals surface area contributed by atoms with Gasteiger partial charge in [-0.2, -0.15) is 0 Å². The van der Waals surface area contributed by atoms with Gasteiger partial charge in [0, 0.05) is 28.4 Å². The topological polar surface area (TPSA) is 60.2 Å². The lowest BCUT2D eigenvalue weighted by Gasteiger charge is -2.25. The summed E-state index contributed by atoms with van der Waals surface area (Å²) in [5.74, 6) is 0. The smallest absolute Gasteiger partial charge is 0.0954 e. The van der Waals surface area contributed by atoms with E-state index in [1.807, 2.05) is 18.2 Å². The SMILES string of the molecule is CC1(Nc2ccc(N)c3cc(Br)cnc23)CCOC1. The summed E-state index contributed by atoms with van der Waals surface area (Å²) in [5, 5.41) is 4.51. The molecule has 1 aromatic heterocycles. The van der Waals surface area contributed by atoms with Crippen molar-refractivity contribution in [3.8, 4) is 0 Å². The van der Waals surface area contributed by atoms with Gasteiger partial charge in [0.1, 0.15) is 0 Å². The first kappa shape index (κ1) is 12.7. The van der Waals surface area contributed by atoms with Crippen LogP contribution in [0.2, 0.25) is 0 Å². The zero-order valence-corrected chi connectivity index (χ0v) is 12.3. The molecule has 0 radical (unpaired) electrons. The molecular formula is C14H16BrN3O. The third-order valence-electron chi connectivity index (χ3n) is 3.51. The van der Waals surface area contributed by atoms with Gasteiger partial charge in [0.15, 0.2) is 0 Å². The summed E-state index contributed by atoms with van der Waals surface area (Å²) >= 11 is 3.43. The summed E-state index contributed by atoms with van der Waals surface area (Å²) in [7, 11) is 0. The Morgan fingerprint density at radius 2 is 2.32 bits per heavy atom. The van der Waals surface area contributed by atoms with Crippen molar-refractivity contribution in [2.24, 2.45) is 0 Å². The highest BCUT2D eigenvalue weighted by Gasteiger charge is 2.30. The highest BCUT2D eigenvalue weighted by Crippen LogP contribution is 2.32. The zero-order chi connectivity index (χ0) is 13.5. The maximum absolute atomic E-state index is 6.02. The number of aromatic nitrogens is 1.